The van der Waals surface area contributed by atoms with Crippen LogP contribution >= 0.6 is 11.8 Å². The number of nitrogens with zero attached hydrogens (tertiary/aromatic N) is 1. The molecular weight excluding hydrogens is 240 g/mol. The summed E-state index contributed by atoms with van der Waals surface area (Å²) in [4.78, 5) is 11.0. The molecule has 17 heavy (non-hydrogen) atoms. The first-order chi connectivity index (χ1) is 8.22. The Balaban J connectivity index is 2.34. The van der Waals surface area contributed by atoms with Crippen LogP contribution in [0.15, 0.2) is 23.3 Å². The van der Waals surface area contributed by atoms with E-state index < -0.39 is 0 Å². The van der Waals surface area contributed by atoms with Crippen molar-refractivity contribution in [3.63, 3.8) is 0 Å². The Bertz CT molecular complexity index is 452. The fraction of sp³-hybridized carbons (Fsp3) is 0.273. The first-order valence-electron chi connectivity index (χ1n) is 4.95. The SMILES string of the molecule is COc1cc(OC)cc(C2=NNC(=O)CS2)c1. The third-order valence-corrected chi connectivity index (χ3v) is 3.23. The number of amides is 1. The van der Waals surface area contributed by atoms with Crippen molar-refractivity contribution in [1.82, 2.24) is 5.43 Å². The van der Waals surface area contributed by atoms with E-state index in [-0.39, 0.29) is 5.91 Å². The maximum Gasteiger partial charge on any atom is 0.250 e. The lowest BCUT2D eigenvalue weighted by atomic mass is 10.2. The van der Waals surface area contributed by atoms with E-state index in [4.69, 9.17) is 9.47 Å². The van der Waals surface area contributed by atoms with Gasteiger partial charge in [0.05, 0.1) is 20.0 Å². The third-order valence-electron chi connectivity index (χ3n) is 2.22. The Labute approximate surface area is 103 Å². The number of ether oxygens (including phenoxy) is 2. The summed E-state index contributed by atoms with van der Waals surface area (Å²) in [6.07, 6.45) is 0. The molecule has 1 aliphatic rings. The zero-order valence-corrected chi connectivity index (χ0v) is 10.3. The zero-order chi connectivity index (χ0) is 12.3. The molecule has 0 saturated carbocycles. The lowest BCUT2D eigenvalue weighted by Crippen LogP contribution is -2.26. The number of nitrogens with one attached hydrogen (secondary N) is 1. The second kappa shape index (κ2) is 5.09. The van der Waals surface area contributed by atoms with E-state index in [1.807, 2.05) is 12.1 Å². The summed E-state index contributed by atoms with van der Waals surface area (Å²) in [6, 6.07) is 5.49. The predicted octanol–water partition coefficient (Wildman–Crippen LogP) is 1.23. The lowest BCUT2D eigenvalue weighted by molar-refractivity contribution is -0.118. The van der Waals surface area contributed by atoms with Gasteiger partial charge in [0.15, 0.2) is 0 Å². The quantitative estimate of drug-likeness (QED) is 0.879. The molecule has 1 heterocycles. The van der Waals surface area contributed by atoms with E-state index in [2.05, 4.69) is 10.5 Å². The van der Waals surface area contributed by atoms with Gasteiger partial charge in [-0.1, -0.05) is 11.8 Å². The van der Waals surface area contributed by atoms with Gasteiger partial charge >= 0.3 is 0 Å². The van der Waals surface area contributed by atoms with Crippen molar-refractivity contribution in [3.05, 3.63) is 23.8 Å². The Kier molecular flexibility index (Phi) is 3.53. The van der Waals surface area contributed by atoms with Crippen molar-refractivity contribution < 1.29 is 14.3 Å². The van der Waals surface area contributed by atoms with Crippen molar-refractivity contribution in [2.24, 2.45) is 5.10 Å². The number of rotatable bonds is 3. The Morgan fingerprint density at radius 1 is 1.24 bits per heavy atom. The van der Waals surface area contributed by atoms with Crippen LogP contribution < -0.4 is 14.9 Å². The number of carbonyl (C=O) groups excluding carboxylic acids is 1. The number of methoxy groups -OCH3 is 2. The molecule has 0 aromatic heterocycles. The van der Waals surface area contributed by atoms with Gasteiger partial charge in [-0.25, -0.2) is 5.43 Å². The highest BCUT2D eigenvalue weighted by atomic mass is 32.2. The Morgan fingerprint density at radius 2 is 1.88 bits per heavy atom. The molecular formula is C11H12N2O3S. The summed E-state index contributed by atoms with van der Waals surface area (Å²) in [7, 11) is 3.19. The van der Waals surface area contributed by atoms with Crippen molar-refractivity contribution in [2.75, 3.05) is 20.0 Å². The molecule has 0 spiro atoms. The summed E-state index contributed by atoms with van der Waals surface area (Å²) >= 11 is 1.39. The lowest BCUT2D eigenvalue weighted by Gasteiger charge is -2.13. The van der Waals surface area contributed by atoms with Crippen molar-refractivity contribution in [3.8, 4) is 11.5 Å². The highest BCUT2D eigenvalue weighted by molar-refractivity contribution is 8.15. The number of carbonyl (C=O) groups is 1. The highest BCUT2D eigenvalue weighted by Gasteiger charge is 2.15. The molecule has 0 saturated heterocycles. The maximum absolute atomic E-state index is 11.0. The van der Waals surface area contributed by atoms with Crippen LogP contribution in [0, 0.1) is 0 Å². The minimum Gasteiger partial charge on any atom is -0.497 e. The van der Waals surface area contributed by atoms with Gasteiger partial charge in [-0.15, -0.1) is 0 Å². The van der Waals surface area contributed by atoms with Crippen molar-refractivity contribution in [2.45, 2.75) is 0 Å². The fourth-order valence-corrected chi connectivity index (χ4v) is 2.12. The van der Waals surface area contributed by atoms with Gasteiger partial charge in [0.2, 0.25) is 0 Å². The number of benzene rings is 1. The van der Waals surface area contributed by atoms with E-state index in [9.17, 15) is 4.79 Å². The summed E-state index contributed by atoms with van der Waals surface area (Å²) in [6.45, 7) is 0. The molecule has 0 aliphatic carbocycles. The molecule has 0 radical (unpaired) electrons. The van der Waals surface area contributed by atoms with Crippen LogP contribution in [-0.2, 0) is 4.79 Å². The average Bonchev–Trinajstić information content (AvgIpc) is 2.39. The summed E-state index contributed by atoms with van der Waals surface area (Å²) in [5.41, 5.74) is 3.32. The molecule has 90 valence electrons. The highest BCUT2D eigenvalue weighted by Crippen LogP contribution is 2.26. The van der Waals surface area contributed by atoms with Crippen LogP contribution in [0.4, 0.5) is 0 Å². The van der Waals surface area contributed by atoms with Crippen LogP contribution in [0.25, 0.3) is 0 Å². The van der Waals surface area contributed by atoms with Crippen LogP contribution in [0.2, 0.25) is 0 Å². The minimum absolute atomic E-state index is 0.0892. The normalized spacial score (nSPS) is 14.9. The summed E-state index contributed by atoms with van der Waals surface area (Å²) in [5.74, 6) is 1.67. The second-order valence-electron chi connectivity index (χ2n) is 3.34. The molecule has 1 N–H and O–H groups in total. The Hall–Kier alpha value is -1.69. The first kappa shape index (κ1) is 11.8. The first-order valence-corrected chi connectivity index (χ1v) is 5.94. The van der Waals surface area contributed by atoms with Gasteiger partial charge in [-0.2, -0.15) is 5.10 Å². The molecule has 0 atom stereocenters. The number of hydrogen-bond donors (Lipinski definition) is 1. The molecule has 1 amide bonds. The van der Waals surface area contributed by atoms with Crippen LogP contribution in [0.3, 0.4) is 0 Å². The fourth-order valence-electron chi connectivity index (χ4n) is 1.39. The van der Waals surface area contributed by atoms with E-state index in [1.54, 1.807) is 20.3 Å². The number of hydrazone groups is 1. The zero-order valence-electron chi connectivity index (χ0n) is 9.52. The van der Waals surface area contributed by atoms with E-state index in [1.165, 1.54) is 11.8 Å². The third kappa shape index (κ3) is 2.71. The molecule has 0 bridgehead atoms. The van der Waals surface area contributed by atoms with Gasteiger partial charge in [-0.05, 0) is 12.1 Å². The maximum atomic E-state index is 11.0. The van der Waals surface area contributed by atoms with E-state index in [0.29, 0.717) is 17.3 Å². The average molecular weight is 252 g/mol. The molecule has 6 heteroatoms. The smallest absolute Gasteiger partial charge is 0.250 e. The van der Waals surface area contributed by atoms with E-state index >= 15 is 0 Å². The van der Waals surface area contributed by atoms with Gasteiger partial charge in [0.25, 0.3) is 5.91 Å². The molecule has 0 unspecified atom stereocenters. The predicted molar refractivity (Wildman–Crippen MR) is 66.7 cm³/mol. The van der Waals surface area contributed by atoms with Crippen LogP contribution in [-0.4, -0.2) is 30.9 Å². The van der Waals surface area contributed by atoms with Crippen LogP contribution in [0.1, 0.15) is 5.56 Å². The summed E-state index contributed by atoms with van der Waals surface area (Å²) in [5, 5.41) is 4.75. The Morgan fingerprint density at radius 3 is 2.35 bits per heavy atom. The van der Waals surface area contributed by atoms with Gasteiger partial charge in [0.1, 0.15) is 16.5 Å². The van der Waals surface area contributed by atoms with Crippen molar-refractivity contribution in [1.29, 1.82) is 0 Å². The van der Waals surface area contributed by atoms with Gasteiger partial charge < -0.3 is 9.47 Å². The van der Waals surface area contributed by atoms with Gasteiger partial charge in [0, 0.05) is 11.6 Å². The molecule has 2 rings (SSSR count). The second-order valence-corrected chi connectivity index (χ2v) is 4.31. The standard InChI is InChI=1S/C11H12N2O3S/c1-15-8-3-7(4-9(5-8)16-2)11-13-12-10(14)6-17-11/h3-5H,6H2,1-2H3,(H,12,14). The van der Waals surface area contributed by atoms with Gasteiger partial charge in [-0.3, -0.25) is 4.79 Å². The molecule has 1 aliphatic heterocycles. The monoisotopic (exact) mass is 252 g/mol. The largest absolute Gasteiger partial charge is 0.497 e. The molecule has 0 fully saturated rings. The topological polar surface area (TPSA) is 59.9 Å². The molecule has 1 aromatic rings. The number of hydrogen-bond acceptors (Lipinski definition) is 5. The van der Waals surface area contributed by atoms with Crippen LogP contribution in [0.5, 0.6) is 11.5 Å². The van der Waals surface area contributed by atoms with Crippen molar-refractivity contribution >= 4 is 22.7 Å². The van der Waals surface area contributed by atoms with E-state index in [0.717, 1.165) is 10.6 Å². The molecule has 1 aromatic carbocycles. The summed E-state index contributed by atoms with van der Waals surface area (Å²) < 4.78 is 10.4. The number of thioether (sulfide) groups is 1. The minimum atomic E-state index is -0.0892. The molecule has 5 nitrogen and oxygen atoms in total.